The van der Waals surface area contributed by atoms with Crippen LogP contribution in [0.3, 0.4) is 0 Å². The van der Waals surface area contributed by atoms with Gasteiger partial charge in [-0.15, -0.1) is 0 Å². The Hall–Kier alpha value is -0.610. The number of rotatable bonds is 2. The van der Waals surface area contributed by atoms with Crippen molar-refractivity contribution in [2.75, 3.05) is 19.6 Å². The van der Waals surface area contributed by atoms with E-state index in [1.165, 1.54) is 0 Å². The lowest BCUT2D eigenvalue weighted by atomic mass is 9.92. The maximum atomic E-state index is 12.3. The fraction of sp³-hybridized carbons (Fsp3) is 0.933. The van der Waals surface area contributed by atoms with Crippen LogP contribution in [-0.4, -0.2) is 52.5 Å². The Morgan fingerprint density at radius 1 is 1.16 bits per heavy atom. The van der Waals surface area contributed by atoms with Gasteiger partial charge in [0.05, 0.1) is 5.54 Å². The summed E-state index contributed by atoms with van der Waals surface area (Å²) in [6.45, 7) is 17.2. The molecule has 0 aromatic rings. The quantitative estimate of drug-likeness (QED) is 0.830. The first-order chi connectivity index (χ1) is 8.44. The molecule has 1 atom stereocenters. The van der Waals surface area contributed by atoms with E-state index in [4.69, 9.17) is 5.73 Å². The third-order valence-corrected chi connectivity index (χ3v) is 3.89. The van der Waals surface area contributed by atoms with Gasteiger partial charge in [0.1, 0.15) is 0 Å². The minimum atomic E-state index is -0.772. The SMILES string of the molecule is CC(C)[C@@H]1CN(C(=O)C(C)(C)N)CCN1C(C)(C)C. The van der Waals surface area contributed by atoms with E-state index in [-0.39, 0.29) is 11.4 Å². The summed E-state index contributed by atoms with van der Waals surface area (Å²) in [7, 11) is 0. The number of hydrogen-bond donors (Lipinski definition) is 1. The summed E-state index contributed by atoms with van der Waals surface area (Å²) in [5.74, 6) is 0.586. The first-order valence-corrected chi connectivity index (χ1v) is 7.29. The summed E-state index contributed by atoms with van der Waals surface area (Å²) in [5.41, 5.74) is 5.32. The fourth-order valence-electron chi connectivity index (χ4n) is 2.81. The zero-order valence-electron chi connectivity index (χ0n) is 13.7. The molecule has 0 spiro atoms. The molecule has 1 aliphatic rings. The molecule has 4 nitrogen and oxygen atoms in total. The zero-order valence-corrected chi connectivity index (χ0v) is 13.7. The van der Waals surface area contributed by atoms with E-state index >= 15 is 0 Å². The number of carbonyl (C=O) groups is 1. The Balaban J connectivity index is 2.86. The molecule has 1 rings (SSSR count). The van der Waals surface area contributed by atoms with E-state index in [1.54, 1.807) is 13.8 Å². The molecule has 0 aromatic carbocycles. The van der Waals surface area contributed by atoms with E-state index in [0.29, 0.717) is 12.0 Å². The van der Waals surface area contributed by atoms with E-state index in [2.05, 4.69) is 39.5 Å². The average Bonchev–Trinajstić information content (AvgIpc) is 2.24. The lowest BCUT2D eigenvalue weighted by Crippen LogP contribution is -2.64. The van der Waals surface area contributed by atoms with Crippen molar-refractivity contribution in [2.24, 2.45) is 11.7 Å². The van der Waals surface area contributed by atoms with Crippen LogP contribution in [0.1, 0.15) is 48.5 Å². The molecule has 0 saturated carbocycles. The summed E-state index contributed by atoms with van der Waals surface area (Å²) in [5, 5.41) is 0. The second-order valence-corrected chi connectivity index (χ2v) is 7.65. The average molecular weight is 269 g/mol. The molecule has 0 bridgehead atoms. The molecule has 19 heavy (non-hydrogen) atoms. The van der Waals surface area contributed by atoms with Gasteiger partial charge in [0.25, 0.3) is 0 Å². The summed E-state index contributed by atoms with van der Waals surface area (Å²) < 4.78 is 0. The van der Waals surface area contributed by atoms with Crippen molar-refractivity contribution in [2.45, 2.75) is 65.6 Å². The number of amides is 1. The predicted octanol–water partition coefficient (Wildman–Crippen LogP) is 1.69. The highest BCUT2D eigenvalue weighted by molar-refractivity contribution is 5.85. The number of nitrogens with two attached hydrogens (primary N) is 1. The second-order valence-electron chi connectivity index (χ2n) is 7.65. The lowest BCUT2D eigenvalue weighted by molar-refractivity contribution is -0.141. The normalized spacial score (nSPS) is 23.0. The third kappa shape index (κ3) is 3.93. The van der Waals surface area contributed by atoms with Crippen LogP contribution in [0.2, 0.25) is 0 Å². The number of nitrogens with zero attached hydrogens (tertiary/aromatic N) is 2. The van der Waals surface area contributed by atoms with E-state index < -0.39 is 5.54 Å². The van der Waals surface area contributed by atoms with E-state index in [1.807, 2.05) is 4.90 Å². The number of piperazine rings is 1. The first-order valence-electron chi connectivity index (χ1n) is 7.29. The van der Waals surface area contributed by atoms with Crippen LogP contribution in [0.15, 0.2) is 0 Å². The van der Waals surface area contributed by atoms with Crippen molar-refractivity contribution in [3.8, 4) is 0 Å². The van der Waals surface area contributed by atoms with Gasteiger partial charge in [0.15, 0.2) is 0 Å². The van der Waals surface area contributed by atoms with Crippen LogP contribution in [0, 0.1) is 5.92 Å². The molecule has 0 unspecified atom stereocenters. The van der Waals surface area contributed by atoms with Crippen LogP contribution in [0.5, 0.6) is 0 Å². The molecular formula is C15H31N3O. The van der Waals surface area contributed by atoms with E-state index in [0.717, 1.165) is 19.6 Å². The van der Waals surface area contributed by atoms with Crippen LogP contribution in [-0.2, 0) is 4.79 Å². The topological polar surface area (TPSA) is 49.6 Å². The largest absolute Gasteiger partial charge is 0.338 e. The standard InChI is InChI=1S/C15H31N3O/c1-11(2)12-10-17(13(19)15(6,7)16)8-9-18(12)14(3,4)5/h11-12H,8-10,16H2,1-7H3/t12-/m0/s1. The van der Waals surface area contributed by atoms with Gasteiger partial charge in [0.2, 0.25) is 5.91 Å². The molecule has 1 aliphatic heterocycles. The molecular weight excluding hydrogens is 238 g/mol. The lowest BCUT2D eigenvalue weighted by Gasteiger charge is -2.50. The van der Waals surface area contributed by atoms with Gasteiger partial charge in [-0.1, -0.05) is 13.8 Å². The molecule has 0 aromatic heterocycles. The zero-order chi connectivity index (χ0) is 15.0. The maximum Gasteiger partial charge on any atom is 0.242 e. The summed E-state index contributed by atoms with van der Waals surface area (Å²) in [4.78, 5) is 16.8. The van der Waals surface area contributed by atoms with Crippen LogP contribution in [0.4, 0.5) is 0 Å². The molecule has 4 heteroatoms. The van der Waals surface area contributed by atoms with Crippen LogP contribution < -0.4 is 5.73 Å². The highest BCUT2D eigenvalue weighted by Crippen LogP contribution is 2.26. The fourth-order valence-corrected chi connectivity index (χ4v) is 2.81. The molecule has 2 N–H and O–H groups in total. The molecule has 1 fully saturated rings. The van der Waals surface area contributed by atoms with Crippen molar-refractivity contribution in [1.82, 2.24) is 9.80 Å². The molecule has 112 valence electrons. The first kappa shape index (κ1) is 16.4. The second kappa shape index (κ2) is 5.41. The monoisotopic (exact) mass is 269 g/mol. The Kier molecular flexibility index (Phi) is 4.68. The summed E-state index contributed by atoms with van der Waals surface area (Å²) in [6.07, 6.45) is 0. The smallest absolute Gasteiger partial charge is 0.242 e. The van der Waals surface area contributed by atoms with Gasteiger partial charge in [-0.2, -0.15) is 0 Å². The van der Waals surface area contributed by atoms with Crippen molar-refractivity contribution < 1.29 is 4.79 Å². The third-order valence-electron chi connectivity index (χ3n) is 3.89. The van der Waals surface area contributed by atoms with Gasteiger partial charge < -0.3 is 10.6 Å². The van der Waals surface area contributed by atoms with Gasteiger partial charge in [0, 0.05) is 31.2 Å². The van der Waals surface area contributed by atoms with Crippen LogP contribution in [0.25, 0.3) is 0 Å². The maximum absolute atomic E-state index is 12.3. The van der Waals surface area contributed by atoms with Crippen molar-refractivity contribution in [3.63, 3.8) is 0 Å². The molecule has 1 amide bonds. The van der Waals surface area contributed by atoms with Gasteiger partial charge in [-0.05, 0) is 40.5 Å². The Labute approximate surface area is 118 Å². The van der Waals surface area contributed by atoms with Crippen molar-refractivity contribution in [1.29, 1.82) is 0 Å². The number of carbonyl (C=O) groups excluding carboxylic acids is 1. The molecule has 0 radical (unpaired) electrons. The van der Waals surface area contributed by atoms with Gasteiger partial charge in [-0.3, -0.25) is 9.69 Å². The predicted molar refractivity (Wildman–Crippen MR) is 79.9 cm³/mol. The van der Waals surface area contributed by atoms with E-state index in [9.17, 15) is 4.79 Å². The molecule has 1 saturated heterocycles. The van der Waals surface area contributed by atoms with Gasteiger partial charge >= 0.3 is 0 Å². The minimum absolute atomic E-state index is 0.0618. The minimum Gasteiger partial charge on any atom is -0.338 e. The Morgan fingerprint density at radius 2 is 1.68 bits per heavy atom. The summed E-state index contributed by atoms with van der Waals surface area (Å²) in [6, 6.07) is 0.403. The highest BCUT2D eigenvalue weighted by Gasteiger charge is 2.39. The van der Waals surface area contributed by atoms with Crippen molar-refractivity contribution >= 4 is 5.91 Å². The summed E-state index contributed by atoms with van der Waals surface area (Å²) >= 11 is 0. The molecule has 0 aliphatic carbocycles. The van der Waals surface area contributed by atoms with Crippen molar-refractivity contribution in [3.05, 3.63) is 0 Å². The highest BCUT2D eigenvalue weighted by atomic mass is 16.2. The Bertz CT molecular complexity index is 325. The molecule has 1 heterocycles. The van der Waals surface area contributed by atoms with Gasteiger partial charge in [-0.25, -0.2) is 0 Å². The Morgan fingerprint density at radius 3 is 2.05 bits per heavy atom. The van der Waals surface area contributed by atoms with Crippen LogP contribution >= 0.6 is 0 Å². The number of hydrogen-bond acceptors (Lipinski definition) is 3.